The normalized spacial score (nSPS) is 10.2. The van der Waals surface area contributed by atoms with Crippen LogP contribution in [0.2, 0.25) is 5.02 Å². The van der Waals surface area contributed by atoms with Crippen molar-refractivity contribution in [2.75, 3.05) is 19.0 Å². The van der Waals surface area contributed by atoms with Crippen molar-refractivity contribution in [2.45, 2.75) is 0 Å². The van der Waals surface area contributed by atoms with Crippen molar-refractivity contribution in [3.05, 3.63) is 40.8 Å². The van der Waals surface area contributed by atoms with E-state index in [4.69, 9.17) is 28.6 Å². The van der Waals surface area contributed by atoms with Crippen molar-refractivity contribution in [2.24, 2.45) is 0 Å². The molecule has 21 heavy (non-hydrogen) atoms. The molecule has 110 valence electrons. The fraction of sp³-hybridized carbons (Fsp3) is 0.143. The molecule has 2 rings (SSSR count). The van der Waals surface area contributed by atoms with Crippen LogP contribution >= 0.6 is 35.2 Å². The Morgan fingerprint density at radius 3 is 3.00 bits per heavy atom. The van der Waals surface area contributed by atoms with Crippen LogP contribution in [-0.2, 0) is 4.74 Å². The summed E-state index contributed by atoms with van der Waals surface area (Å²) in [5.41, 5.74) is 0.818. The van der Waals surface area contributed by atoms with E-state index in [0.29, 0.717) is 21.6 Å². The molecule has 1 heterocycles. The Balaban J connectivity index is 2.27. The highest BCUT2D eigenvalue weighted by atomic mass is 35.5. The number of thiophene rings is 1. The molecule has 0 saturated heterocycles. The molecule has 0 bridgehead atoms. The van der Waals surface area contributed by atoms with E-state index in [1.165, 1.54) is 18.4 Å². The van der Waals surface area contributed by atoms with Gasteiger partial charge in [-0.1, -0.05) is 17.7 Å². The zero-order valence-electron chi connectivity index (χ0n) is 11.2. The van der Waals surface area contributed by atoms with Gasteiger partial charge in [0.25, 0.3) is 0 Å². The molecule has 0 spiro atoms. The van der Waals surface area contributed by atoms with Crippen LogP contribution in [0, 0.1) is 0 Å². The SMILES string of the molecule is C=CCNC(=S)Nc1ccc2c(Cl)c(C(=O)OC)sc2c1. The van der Waals surface area contributed by atoms with Crippen molar-refractivity contribution in [3.63, 3.8) is 0 Å². The molecule has 0 fully saturated rings. The van der Waals surface area contributed by atoms with E-state index >= 15 is 0 Å². The van der Waals surface area contributed by atoms with Gasteiger partial charge < -0.3 is 15.4 Å². The summed E-state index contributed by atoms with van der Waals surface area (Å²) in [6, 6.07) is 5.59. The van der Waals surface area contributed by atoms with Gasteiger partial charge in [0.2, 0.25) is 0 Å². The average Bonchev–Trinajstić information content (AvgIpc) is 2.81. The Morgan fingerprint density at radius 2 is 2.33 bits per heavy atom. The van der Waals surface area contributed by atoms with E-state index in [0.717, 1.165) is 15.8 Å². The van der Waals surface area contributed by atoms with Gasteiger partial charge in [0.05, 0.1) is 12.1 Å². The van der Waals surface area contributed by atoms with Crippen LogP contribution in [0.1, 0.15) is 9.67 Å². The summed E-state index contributed by atoms with van der Waals surface area (Å²) in [5.74, 6) is -0.432. The predicted molar refractivity (Wildman–Crippen MR) is 92.6 cm³/mol. The number of benzene rings is 1. The van der Waals surface area contributed by atoms with Gasteiger partial charge >= 0.3 is 5.97 Å². The second-order valence-corrected chi connectivity index (χ2v) is 5.91. The highest BCUT2D eigenvalue weighted by molar-refractivity contribution is 7.80. The number of fused-ring (bicyclic) bond motifs is 1. The zero-order chi connectivity index (χ0) is 15.4. The molecule has 0 aliphatic rings. The van der Waals surface area contributed by atoms with Crippen molar-refractivity contribution in [1.82, 2.24) is 5.32 Å². The number of rotatable bonds is 4. The van der Waals surface area contributed by atoms with E-state index < -0.39 is 5.97 Å². The molecule has 0 aliphatic heterocycles. The number of carbonyl (C=O) groups excluding carboxylic acids is 1. The van der Waals surface area contributed by atoms with Crippen LogP contribution < -0.4 is 10.6 Å². The summed E-state index contributed by atoms with van der Waals surface area (Å²) in [4.78, 5) is 12.0. The third-order valence-corrected chi connectivity index (χ3v) is 4.55. The van der Waals surface area contributed by atoms with Crippen molar-refractivity contribution in [1.29, 1.82) is 0 Å². The number of carbonyl (C=O) groups is 1. The number of thiocarbonyl (C=S) groups is 1. The van der Waals surface area contributed by atoms with Crippen molar-refractivity contribution in [3.8, 4) is 0 Å². The number of halogens is 1. The maximum absolute atomic E-state index is 11.6. The highest BCUT2D eigenvalue weighted by Crippen LogP contribution is 2.37. The topological polar surface area (TPSA) is 50.4 Å². The first kappa shape index (κ1) is 15.8. The van der Waals surface area contributed by atoms with Crippen molar-refractivity contribution < 1.29 is 9.53 Å². The maximum Gasteiger partial charge on any atom is 0.349 e. The lowest BCUT2D eigenvalue weighted by atomic mass is 10.2. The summed E-state index contributed by atoms with van der Waals surface area (Å²) in [6.07, 6.45) is 1.72. The second-order valence-electron chi connectivity index (χ2n) is 4.07. The fourth-order valence-corrected chi connectivity index (χ4v) is 3.37. The van der Waals surface area contributed by atoms with E-state index in [2.05, 4.69) is 17.2 Å². The van der Waals surface area contributed by atoms with Gasteiger partial charge in [-0.3, -0.25) is 0 Å². The quantitative estimate of drug-likeness (QED) is 0.503. The van der Waals surface area contributed by atoms with Gasteiger partial charge in [-0.15, -0.1) is 17.9 Å². The predicted octanol–water partition coefficient (Wildman–Crippen LogP) is 3.81. The monoisotopic (exact) mass is 340 g/mol. The number of esters is 1. The first-order chi connectivity index (χ1) is 10.1. The second kappa shape index (κ2) is 6.89. The summed E-state index contributed by atoms with van der Waals surface area (Å²) in [5, 5.41) is 7.78. The van der Waals surface area contributed by atoms with Gasteiger partial charge in [-0.05, 0) is 30.4 Å². The smallest absolute Gasteiger partial charge is 0.349 e. The Hall–Kier alpha value is -1.63. The van der Waals surface area contributed by atoms with Gasteiger partial charge in [-0.25, -0.2) is 4.79 Å². The third-order valence-electron chi connectivity index (χ3n) is 2.67. The first-order valence-corrected chi connectivity index (χ1v) is 7.63. The summed E-state index contributed by atoms with van der Waals surface area (Å²) in [7, 11) is 1.33. The van der Waals surface area contributed by atoms with E-state index in [1.807, 2.05) is 18.2 Å². The van der Waals surface area contributed by atoms with Crippen LogP contribution in [0.15, 0.2) is 30.9 Å². The Kier molecular flexibility index (Phi) is 5.17. The molecule has 7 heteroatoms. The Bertz CT molecular complexity index is 712. The lowest BCUT2D eigenvalue weighted by molar-refractivity contribution is 0.0606. The molecule has 1 aromatic heterocycles. The molecular formula is C14H13ClN2O2S2. The Labute approximate surface area is 136 Å². The van der Waals surface area contributed by atoms with Gasteiger partial charge in [0, 0.05) is 22.3 Å². The molecule has 0 amide bonds. The molecule has 0 unspecified atom stereocenters. The van der Waals surface area contributed by atoms with Gasteiger partial charge in [0.1, 0.15) is 4.88 Å². The van der Waals surface area contributed by atoms with E-state index in [1.54, 1.807) is 6.08 Å². The fourth-order valence-electron chi connectivity index (χ4n) is 1.71. The molecule has 0 radical (unpaired) electrons. The zero-order valence-corrected chi connectivity index (χ0v) is 13.6. The van der Waals surface area contributed by atoms with Crippen LogP contribution in [0.3, 0.4) is 0 Å². The van der Waals surface area contributed by atoms with Crippen LogP contribution in [0.4, 0.5) is 5.69 Å². The maximum atomic E-state index is 11.6. The van der Waals surface area contributed by atoms with Crippen LogP contribution in [0.5, 0.6) is 0 Å². The van der Waals surface area contributed by atoms with Gasteiger partial charge in [-0.2, -0.15) is 0 Å². The van der Waals surface area contributed by atoms with Crippen LogP contribution in [0.25, 0.3) is 10.1 Å². The number of anilines is 1. The van der Waals surface area contributed by atoms with E-state index in [-0.39, 0.29) is 0 Å². The standard InChI is InChI=1S/C14H13ClN2O2S2/c1-3-6-16-14(20)17-8-4-5-9-10(7-8)21-12(11(9)15)13(18)19-2/h3-5,7H,1,6H2,2H3,(H2,16,17,20). The molecule has 2 N–H and O–H groups in total. The largest absolute Gasteiger partial charge is 0.465 e. The minimum atomic E-state index is -0.432. The molecule has 0 aliphatic carbocycles. The molecule has 0 saturated carbocycles. The molecule has 4 nitrogen and oxygen atoms in total. The summed E-state index contributed by atoms with van der Waals surface area (Å²) < 4.78 is 5.60. The average molecular weight is 341 g/mol. The van der Waals surface area contributed by atoms with Gasteiger partial charge in [0.15, 0.2) is 5.11 Å². The third kappa shape index (κ3) is 3.53. The summed E-state index contributed by atoms with van der Waals surface area (Å²) >= 11 is 12.6. The number of methoxy groups -OCH3 is 1. The number of hydrogen-bond acceptors (Lipinski definition) is 4. The molecule has 0 atom stereocenters. The first-order valence-electron chi connectivity index (χ1n) is 6.03. The lowest BCUT2D eigenvalue weighted by Gasteiger charge is -2.08. The van der Waals surface area contributed by atoms with Crippen LogP contribution in [-0.4, -0.2) is 24.7 Å². The Morgan fingerprint density at radius 1 is 1.57 bits per heavy atom. The summed E-state index contributed by atoms with van der Waals surface area (Å²) in [6.45, 7) is 4.20. The number of nitrogens with one attached hydrogen (secondary N) is 2. The number of ether oxygens (including phenoxy) is 1. The molecular weight excluding hydrogens is 328 g/mol. The lowest BCUT2D eigenvalue weighted by Crippen LogP contribution is -2.28. The minimum Gasteiger partial charge on any atom is -0.465 e. The minimum absolute atomic E-state index is 0.402. The highest BCUT2D eigenvalue weighted by Gasteiger charge is 2.17. The molecule has 1 aromatic carbocycles. The van der Waals surface area contributed by atoms with E-state index in [9.17, 15) is 4.79 Å². The molecule has 2 aromatic rings. The van der Waals surface area contributed by atoms with Crippen molar-refractivity contribution >= 4 is 62.0 Å². The number of hydrogen-bond donors (Lipinski definition) is 2.